The van der Waals surface area contributed by atoms with Crippen LogP contribution in [0.4, 0.5) is 4.39 Å². The van der Waals surface area contributed by atoms with Gasteiger partial charge in [-0.05, 0) is 32.0 Å². The van der Waals surface area contributed by atoms with Crippen molar-refractivity contribution in [2.24, 2.45) is 5.92 Å². The van der Waals surface area contributed by atoms with Gasteiger partial charge in [-0.25, -0.2) is 4.39 Å². The molecule has 0 spiro atoms. The van der Waals surface area contributed by atoms with E-state index in [0.29, 0.717) is 18.1 Å². The molecule has 1 aliphatic rings. The maximum atomic E-state index is 13.9. The first-order valence-corrected chi connectivity index (χ1v) is 6.72. The predicted molar refractivity (Wildman–Crippen MR) is 69.4 cm³/mol. The largest absolute Gasteiger partial charge is 0.381 e. The van der Waals surface area contributed by atoms with Gasteiger partial charge in [0.2, 0.25) is 0 Å². The number of ether oxygens (including phenoxy) is 1. The Hall–Kier alpha value is -0.450. The standard InChI is InChI=1S/C13H17BrFNO/c1-16-13(9-4-3-7-17-8-9)12-10(14)5-2-6-11(12)15/h2,5-6,9,13,16H,3-4,7-8H2,1H3. The zero-order valence-electron chi connectivity index (χ0n) is 9.88. The van der Waals surface area contributed by atoms with E-state index in [-0.39, 0.29) is 11.9 Å². The summed E-state index contributed by atoms with van der Waals surface area (Å²) in [6.45, 7) is 1.53. The third kappa shape index (κ3) is 2.87. The Morgan fingerprint density at radius 1 is 1.53 bits per heavy atom. The summed E-state index contributed by atoms with van der Waals surface area (Å²) in [6.07, 6.45) is 2.13. The Morgan fingerprint density at radius 3 is 2.94 bits per heavy atom. The maximum Gasteiger partial charge on any atom is 0.129 e. The Balaban J connectivity index is 2.27. The quantitative estimate of drug-likeness (QED) is 0.925. The van der Waals surface area contributed by atoms with Gasteiger partial charge in [-0.15, -0.1) is 0 Å². The third-order valence-corrected chi connectivity index (χ3v) is 3.98. The minimum atomic E-state index is -0.163. The molecule has 17 heavy (non-hydrogen) atoms. The molecule has 1 fully saturated rings. The van der Waals surface area contributed by atoms with Gasteiger partial charge in [0.25, 0.3) is 0 Å². The Bertz CT molecular complexity index is 359. The van der Waals surface area contributed by atoms with Crippen molar-refractivity contribution in [3.8, 4) is 0 Å². The van der Waals surface area contributed by atoms with Crippen molar-refractivity contribution in [1.29, 1.82) is 0 Å². The van der Waals surface area contributed by atoms with E-state index < -0.39 is 0 Å². The summed E-state index contributed by atoms with van der Waals surface area (Å²) in [4.78, 5) is 0. The first-order chi connectivity index (χ1) is 8.24. The summed E-state index contributed by atoms with van der Waals surface area (Å²) >= 11 is 3.43. The molecule has 1 heterocycles. The number of rotatable bonds is 3. The molecular formula is C13H17BrFNO. The van der Waals surface area contributed by atoms with E-state index in [1.807, 2.05) is 13.1 Å². The molecule has 2 unspecified atom stereocenters. The minimum absolute atomic E-state index is 0.00544. The van der Waals surface area contributed by atoms with Gasteiger partial charge in [0.15, 0.2) is 0 Å². The van der Waals surface area contributed by atoms with Crippen molar-refractivity contribution >= 4 is 15.9 Å². The summed E-state index contributed by atoms with van der Waals surface area (Å²) in [5, 5.41) is 3.22. The van der Waals surface area contributed by atoms with Crippen molar-refractivity contribution in [3.63, 3.8) is 0 Å². The number of nitrogens with one attached hydrogen (secondary N) is 1. The van der Waals surface area contributed by atoms with E-state index in [1.54, 1.807) is 6.07 Å². The highest BCUT2D eigenvalue weighted by atomic mass is 79.9. The van der Waals surface area contributed by atoms with Gasteiger partial charge in [-0.2, -0.15) is 0 Å². The lowest BCUT2D eigenvalue weighted by Crippen LogP contribution is -2.32. The average Bonchev–Trinajstić information content (AvgIpc) is 2.35. The van der Waals surface area contributed by atoms with Crippen LogP contribution >= 0.6 is 15.9 Å². The molecular weight excluding hydrogens is 285 g/mol. The first-order valence-electron chi connectivity index (χ1n) is 5.93. The van der Waals surface area contributed by atoms with Crippen LogP contribution in [0.25, 0.3) is 0 Å². The number of hydrogen-bond donors (Lipinski definition) is 1. The van der Waals surface area contributed by atoms with Crippen molar-refractivity contribution in [2.75, 3.05) is 20.3 Å². The molecule has 0 aliphatic carbocycles. The smallest absolute Gasteiger partial charge is 0.129 e. The summed E-state index contributed by atoms with van der Waals surface area (Å²) in [6, 6.07) is 5.11. The van der Waals surface area contributed by atoms with Crippen LogP contribution < -0.4 is 5.32 Å². The van der Waals surface area contributed by atoms with Gasteiger partial charge in [-0.1, -0.05) is 22.0 Å². The molecule has 2 rings (SSSR count). The Labute approximate surface area is 110 Å². The van der Waals surface area contributed by atoms with Gasteiger partial charge >= 0.3 is 0 Å². The zero-order valence-corrected chi connectivity index (χ0v) is 11.5. The van der Waals surface area contributed by atoms with Crippen molar-refractivity contribution in [1.82, 2.24) is 5.32 Å². The molecule has 0 radical (unpaired) electrons. The van der Waals surface area contributed by atoms with Crippen molar-refractivity contribution < 1.29 is 9.13 Å². The lowest BCUT2D eigenvalue weighted by atomic mass is 9.88. The molecule has 0 aromatic heterocycles. The first kappa shape index (κ1) is 13.0. The third-order valence-electron chi connectivity index (χ3n) is 3.29. The molecule has 1 aliphatic heterocycles. The zero-order chi connectivity index (χ0) is 12.3. The van der Waals surface area contributed by atoms with E-state index in [4.69, 9.17) is 4.74 Å². The molecule has 0 amide bonds. The molecule has 2 atom stereocenters. The molecule has 0 saturated carbocycles. The van der Waals surface area contributed by atoms with E-state index in [0.717, 1.165) is 23.9 Å². The highest BCUT2D eigenvalue weighted by Crippen LogP contribution is 2.34. The monoisotopic (exact) mass is 301 g/mol. The van der Waals surface area contributed by atoms with Crippen LogP contribution in [-0.2, 0) is 4.74 Å². The van der Waals surface area contributed by atoms with E-state index in [9.17, 15) is 4.39 Å². The Morgan fingerprint density at radius 2 is 2.35 bits per heavy atom. The molecule has 2 nitrogen and oxygen atoms in total. The van der Waals surface area contributed by atoms with Crippen LogP contribution in [0.3, 0.4) is 0 Å². The summed E-state index contributed by atoms with van der Waals surface area (Å²) in [7, 11) is 1.87. The molecule has 1 aromatic carbocycles. The number of hydrogen-bond acceptors (Lipinski definition) is 2. The van der Waals surface area contributed by atoms with E-state index in [2.05, 4.69) is 21.2 Å². The van der Waals surface area contributed by atoms with Gasteiger partial charge < -0.3 is 10.1 Å². The SMILES string of the molecule is CNC(c1c(F)cccc1Br)C1CCCOC1. The highest BCUT2D eigenvalue weighted by molar-refractivity contribution is 9.10. The normalized spacial score (nSPS) is 22.4. The molecule has 1 N–H and O–H groups in total. The fraction of sp³-hybridized carbons (Fsp3) is 0.538. The van der Waals surface area contributed by atoms with Gasteiger partial charge in [0.1, 0.15) is 5.82 Å². The summed E-state index contributed by atoms with van der Waals surface area (Å²) in [5.74, 6) is 0.172. The van der Waals surface area contributed by atoms with Crippen molar-refractivity contribution in [3.05, 3.63) is 34.1 Å². The second-order valence-corrected chi connectivity index (χ2v) is 5.23. The van der Waals surface area contributed by atoms with Crippen molar-refractivity contribution in [2.45, 2.75) is 18.9 Å². The van der Waals surface area contributed by atoms with Crippen LogP contribution in [0, 0.1) is 11.7 Å². The molecule has 94 valence electrons. The summed E-state index contributed by atoms with van der Waals surface area (Å²) in [5.41, 5.74) is 0.713. The maximum absolute atomic E-state index is 13.9. The van der Waals surface area contributed by atoms with Crippen LogP contribution in [0.15, 0.2) is 22.7 Å². The minimum Gasteiger partial charge on any atom is -0.381 e. The highest BCUT2D eigenvalue weighted by Gasteiger charge is 2.27. The molecule has 1 saturated heterocycles. The molecule has 0 bridgehead atoms. The molecule has 4 heteroatoms. The number of benzene rings is 1. The second kappa shape index (κ2) is 5.94. The lowest BCUT2D eigenvalue weighted by molar-refractivity contribution is 0.0396. The van der Waals surface area contributed by atoms with Gasteiger partial charge in [-0.3, -0.25) is 0 Å². The van der Waals surface area contributed by atoms with Gasteiger partial charge in [0, 0.05) is 28.6 Å². The fourth-order valence-electron chi connectivity index (χ4n) is 2.45. The fourth-order valence-corrected chi connectivity index (χ4v) is 3.04. The Kier molecular flexibility index (Phi) is 4.54. The predicted octanol–water partition coefficient (Wildman–Crippen LogP) is 3.28. The van der Waals surface area contributed by atoms with E-state index in [1.165, 1.54) is 6.07 Å². The van der Waals surface area contributed by atoms with Crippen LogP contribution in [0.2, 0.25) is 0 Å². The topological polar surface area (TPSA) is 21.3 Å². The lowest BCUT2D eigenvalue weighted by Gasteiger charge is -2.31. The second-order valence-electron chi connectivity index (χ2n) is 4.38. The summed E-state index contributed by atoms with van der Waals surface area (Å²) < 4.78 is 20.2. The molecule has 1 aromatic rings. The van der Waals surface area contributed by atoms with Gasteiger partial charge in [0.05, 0.1) is 6.61 Å². The van der Waals surface area contributed by atoms with Crippen LogP contribution in [0.5, 0.6) is 0 Å². The number of halogens is 2. The van der Waals surface area contributed by atoms with Crippen LogP contribution in [0.1, 0.15) is 24.4 Å². The average molecular weight is 302 g/mol. The van der Waals surface area contributed by atoms with E-state index >= 15 is 0 Å². The van der Waals surface area contributed by atoms with Crippen LogP contribution in [-0.4, -0.2) is 20.3 Å².